The summed E-state index contributed by atoms with van der Waals surface area (Å²) in [5, 5.41) is 2.89. The number of rotatable bonds is 9. The van der Waals surface area contributed by atoms with Crippen molar-refractivity contribution in [2.75, 3.05) is 43.9 Å². The lowest BCUT2D eigenvalue weighted by molar-refractivity contribution is -0.127. The summed E-state index contributed by atoms with van der Waals surface area (Å²) in [6.45, 7) is 6.47. The number of nitrogens with one attached hydrogen (secondary N) is 1. The highest BCUT2D eigenvalue weighted by Crippen LogP contribution is 2.21. The van der Waals surface area contributed by atoms with Crippen LogP contribution in [0.15, 0.2) is 48.5 Å². The van der Waals surface area contributed by atoms with Crippen LogP contribution in [0.1, 0.15) is 18.1 Å². The maximum Gasteiger partial charge on any atom is 0.261 e. The van der Waals surface area contributed by atoms with E-state index in [0.717, 1.165) is 44.7 Å². The summed E-state index contributed by atoms with van der Waals surface area (Å²) >= 11 is 0. The van der Waals surface area contributed by atoms with Gasteiger partial charge in [0.05, 0.1) is 25.2 Å². The van der Waals surface area contributed by atoms with Gasteiger partial charge in [0, 0.05) is 33.2 Å². The maximum absolute atomic E-state index is 12.4. The van der Waals surface area contributed by atoms with Crippen LogP contribution in [0.2, 0.25) is 0 Å². The van der Waals surface area contributed by atoms with Gasteiger partial charge in [-0.05, 0) is 42.3 Å². The molecule has 0 bridgehead atoms. The van der Waals surface area contributed by atoms with Crippen molar-refractivity contribution in [3.05, 3.63) is 59.7 Å². The van der Waals surface area contributed by atoms with Gasteiger partial charge in [-0.2, -0.15) is 0 Å². The molecule has 0 saturated carbocycles. The number of hydrogen-bond acceptors (Lipinski definition) is 6. The number of nitrogens with zero attached hydrogens (tertiary/aromatic N) is 2. The molecule has 2 aromatic rings. The lowest BCUT2D eigenvalue weighted by atomic mass is 10.1. The van der Waals surface area contributed by atoms with Crippen LogP contribution in [0.3, 0.4) is 0 Å². The zero-order valence-electron chi connectivity index (χ0n) is 18.8. The van der Waals surface area contributed by atoms with E-state index < -0.39 is 16.1 Å². The second kappa shape index (κ2) is 10.8. The minimum atomic E-state index is -3.33. The molecule has 0 radical (unpaired) electrons. The SMILES string of the molecule is C[C@@H](Oc1ccc(N(C)S(C)(=O)=O)cc1)C(=O)NCc1ccc(CN2CCOCC2)cc1. The quantitative estimate of drug-likeness (QED) is 0.615. The topological polar surface area (TPSA) is 88.2 Å². The Balaban J connectivity index is 1.46. The minimum Gasteiger partial charge on any atom is -0.481 e. The zero-order valence-corrected chi connectivity index (χ0v) is 19.6. The van der Waals surface area contributed by atoms with Crippen molar-refractivity contribution in [1.29, 1.82) is 0 Å². The molecule has 174 valence electrons. The Bertz CT molecular complexity index is 987. The number of benzene rings is 2. The Labute approximate surface area is 190 Å². The Morgan fingerprint density at radius 2 is 1.69 bits per heavy atom. The van der Waals surface area contributed by atoms with Crippen molar-refractivity contribution in [1.82, 2.24) is 10.2 Å². The fourth-order valence-corrected chi connectivity index (χ4v) is 3.80. The molecule has 1 fully saturated rings. The van der Waals surface area contributed by atoms with Crippen LogP contribution >= 0.6 is 0 Å². The zero-order chi connectivity index (χ0) is 23.1. The highest BCUT2D eigenvalue weighted by atomic mass is 32.2. The Hall–Kier alpha value is -2.62. The first-order chi connectivity index (χ1) is 15.2. The van der Waals surface area contributed by atoms with E-state index >= 15 is 0 Å². The molecule has 1 amide bonds. The van der Waals surface area contributed by atoms with E-state index in [1.54, 1.807) is 31.2 Å². The Kier molecular flexibility index (Phi) is 8.11. The summed E-state index contributed by atoms with van der Waals surface area (Å²) in [5.74, 6) is 0.269. The summed E-state index contributed by atoms with van der Waals surface area (Å²) in [7, 11) is -1.85. The van der Waals surface area contributed by atoms with Gasteiger partial charge in [-0.1, -0.05) is 24.3 Å². The second-order valence-electron chi connectivity index (χ2n) is 7.91. The number of amides is 1. The molecule has 0 unspecified atom stereocenters. The van der Waals surface area contributed by atoms with E-state index in [-0.39, 0.29) is 5.91 Å². The number of ether oxygens (including phenoxy) is 2. The molecule has 1 aliphatic heterocycles. The maximum atomic E-state index is 12.4. The summed E-state index contributed by atoms with van der Waals surface area (Å²) in [5.41, 5.74) is 2.78. The second-order valence-corrected chi connectivity index (χ2v) is 9.92. The van der Waals surface area contributed by atoms with Crippen LogP contribution < -0.4 is 14.4 Å². The number of hydrogen-bond donors (Lipinski definition) is 1. The number of sulfonamides is 1. The van der Waals surface area contributed by atoms with Gasteiger partial charge in [0.2, 0.25) is 10.0 Å². The lowest BCUT2D eigenvalue weighted by Gasteiger charge is -2.26. The number of anilines is 1. The minimum absolute atomic E-state index is 0.222. The number of carbonyl (C=O) groups is 1. The molecule has 0 spiro atoms. The molecule has 1 N–H and O–H groups in total. The van der Waals surface area contributed by atoms with Gasteiger partial charge < -0.3 is 14.8 Å². The van der Waals surface area contributed by atoms with E-state index in [0.29, 0.717) is 18.0 Å². The summed E-state index contributed by atoms with van der Waals surface area (Å²) < 4.78 is 35.5. The molecule has 32 heavy (non-hydrogen) atoms. The lowest BCUT2D eigenvalue weighted by Crippen LogP contribution is -2.36. The standard InChI is InChI=1S/C23H31N3O5S/c1-18(31-22-10-8-21(9-11-22)25(2)32(3,28)29)23(27)24-16-19-4-6-20(7-5-19)17-26-12-14-30-15-13-26/h4-11,18H,12-17H2,1-3H3,(H,24,27)/t18-/m1/s1. The van der Waals surface area contributed by atoms with Crippen LogP contribution in [0, 0.1) is 0 Å². The first-order valence-corrected chi connectivity index (χ1v) is 12.4. The van der Waals surface area contributed by atoms with E-state index in [4.69, 9.17) is 9.47 Å². The molecule has 0 aromatic heterocycles. The third-order valence-corrected chi connectivity index (χ3v) is 6.59. The average Bonchev–Trinajstić information content (AvgIpc) is 2.78. The predicted molar refractivity (Wildman–Crippen MR) is 124 cm³/mol. The van der Waals surface area contributed by atoms with Gasteiger partial charge in [-0.25, -0.2) is 8.42 Å². The molecular formula is C23H31N3O5S. The summed E-state index contributed by atoms with van der Waals surface area (Å²) in [4.78, 5) is 14.8. The van der Waals surface area contributed by atoms with Crippen LogP contribution in [0.4, 0.5) is 5.69 Å². The normalized spacial score (nSPS) is 15.7. The van der Waals surface area contributed by atoms with Crippen LogP contribution in [-0.4, -0.2) is 64.9 Å². The smallest absolute Gasteiger partial charge is 0.261 e. The van der Waals surface area contributed by atoms with E-state index in [2.05, 4.69) is 22.3 Å². The molecular weight excluding hydrogens is 430 g/mol. The fourth-order valence-electron chi connectivity index (χ4n) is 3.30. The first kappa shape index (κ1) is 24.0. The van der Waals surface area contributed by atoms with Crippen LogP contribution in [0.5, 0.6) is 5.75 Å². The van der Waals surface area contributed by atoms with Crippen LogP contribution in [0.25, 0.3) is 0 Å². The molecule has 1 aliphatic rings. The summed E-state index contributed by atoms with van der Waals surface area (Å²) in [6.07, 6.45) is 0.454. The molecule has 9 heteroatoms. The molecule has 1 heterocycles. The van der Waals surface area contributed by atoms with E-state index in [9.17, 15) is 13.2 Å². The van der Waals surface area contributed by atoms with Crippen molar-refractivity contribution in [3.8, 4) is 5.75 Å². The van der Waals surface area contributed by atoms with Crippen molar-refractivity contribution >= 4 is 21.6 Å². The van der Waals surface area contributed by atoms with Gasteiger partial charge in [-0.15, -0.1) is 0 Å². The highest BCUT2D eigenvalue weighted by Gasteiger charge is 2.16. The van der Waals surface area contributed by atoms with Crippen molar-refractivity contribution in [2.24, 2.45) is 0 Å². The Morgan fingerprint density at radius 3 is 2.28 bits per heavy atom. The van der Waals surface area contributed by atoms with Crippen molar-refractivity contribution in [2.45, 2.75) is 26.1 Å². The molecule has 1 saturated heterocycles. The van der Waals surface area contributed by atoms with Crippen molar-refractivity contribution in [3.63, 3.8) is 0 Å². The number of carbonyl (C=O) groups excluding carboxylic acids is 1. The third-order valence-electron chi connectivity index (χ3n) is 5.38. The van der Waals surface area contributed by atoms with Gasteiger partial charge in [0.1, 0.15) is 5.75 Å². The largest absolute Gasteiger partial charge is 0.481 e. The number of morpholine rings is 1. The van der Waals surface area contributed by atoms with E-state index in [1.165, 1.54) is 16.9 Å². The third kappa shape index (κ3) is 6.94. The first-order valence-electron chi connectivity index (χ1n) is 10.6. The summed E-state index contributed by atoms with van der Waals surface area (Å²) in [6, 6.07) is 14.8. The van der Waals surface area contributed by atoms with Gasteiger partial charge in [0.25, 0.3) is 5.91 Å². The van der Waals surface area contributed by atoms with Gasteiger partial charge in [0.15, 0.2) is 6.10 Å². The van der Waals surface area contributed by atoms with Gasteiger partial charge >= 0.3 is 0 Å². The predicted octanol–water partition coefficient (Wildman–Crippen LogP) is 2.00. The monoisotopic (exact) mass is 461 g/mol. The fraction of sp³-hybridized carbons (Fsp3) is 0.435. The Morgan fingerprint density at radius 1 is 1.09 bits per heavy atom. The highest BCUT2D eigenvalue weighted by molar-refractivity contribution is 7.92. The van der Waals surface area contributed by atoms with Gasteiger partial charge in [-0.3, -0.25) is 14.0 Å². The average molecular weight is 462 g/mol. The van der Waals surface area contributed by atoms with Crippen LogP contribution in [-0.2, 0) is 32.6 Å². The van der Waals surface area contributed by atoms with Crippen molar-refractivity contribution < 1.29 is 22.7 Å². The molecule has 3 rings (SSSR count). The molecule has 0 aliphatic carbocycles. The molecule has 8 nitrogen and oxygen atoms in total. The molecule has 1 atom stereocenters. The molecule has 2 aromatic carbocycles. The van der Waals surface area contributed by atoms with E-state index in [1.807, 2.05) is 12.1 Å².